The lowest BCUT2D eigenvalue weighted by atomic mass is 10.0. The van der Waals surface area contributed by atoms with Crippen LogP contribution in [0.1, 0.15) is 22.3 Å². The lowest BCUT2D eigenvalue weighted by Crippen LogP contribution is -2.47. The third kappa shape index (κ3) is 4.78. The highest BCUT2D eigenvalue weighted by Crippen LogP contribution is 2.30. The number of ketones is 1. The summed E-state index contributed by atoms with van der Waals surface area (Å²) in [7, 11) is 1.59. The summed E-state index contributed by atoms with van der Waals surface area (Å²) >= 11 is 0. The highest BCUT2D eigenvalue weighted by atomic mass is 19.1. The van der Waals surface area contributed by atoms with Crippen LogP contribution in [0.3, 0.4) is 0 Å². The number of carbonyl (C=O) groups excluding carboxylic acids is 1. The number of aliphatic hydroxyl groups is 1. The molecule has 3 atom stereocenters. The molecular weight excluding hydrogens is 467 g/mol. The average Bonchev–Trinajstić information content (AvgIpc) is 3.34. The van der Waals surface area contributed by atoms with Crippen molar-refractivity contribution < 1.29 is 28.5 Å². The van der Waals surface area contributed by atoms with Crippen LogP contribution in [0.25, 0.3) is 11.0 Å². The summed E-state index contributed by atoms with van der Waals surface area (Å²) in [5.41, 5.74) is 0.551. The van der Waals surface area contributed by atoms with Gasteiger partial charge in [-0.25, -0.2) is 14.4 Å². The number of benzene rings is 2. The van der Waals surface area contributed by atoms with E-state index in [1.165, 1.54) is 24.7 Å². The van der Waals surface area contributed by atoms with Crippen LogP contribution in [0, 0.1) is 5.82 Å². The maximum atomic E-state index is 15.0. The number of nitrogens with zero attached hydrogens (tertiary/aromatic N) is 2. The Kier molecular flexibility index (Phi) is 6.90. The van der Waals surface area contributed by atoms with Gasteiger partial charge in [0.2, 0.25) is 0 Å². The molecule has 3 N–H and O–H groups in total. The number of ether oxygens (including phenoxy) is 3. The number of nitrogens with one attached hydrogen (secondary N) is 2. The molecule has 5 rings (SSSR count). The van der Waals surface area contributed by atoms with Gasteiger partial charge in [-0.05, 0) is 24.3 Å². The number of aromatic nitrogens is 3. The first-order valence-electron chi connectivity index (χ1n) is 11.5. The molecule has 1 aliphatic heterocycles. The van der Waals surface area contributed by atoms with E-state index in [1.807, 2.05) is 18.2 Å². The van der Waals surface area contributed by atoms with Crippen LogP contribution in [0.5, 0.6) is 11.5 Å². The first-order chi connectivity index (χ1) is 17.6. The minimum absolute atomic E-state index is 0.0957. The molecule has 1 saturated heterocycles. The number of H-pyrrole nitrogens is 1. The average molecular weight is 493 g/mol. The van der Waals surface area contributed by atoms with Gasteiger partial charge >= 0.3 is 0 Å². The Morgan fingerprint density at radius 3 is 2.78 bits per heavy atom. The zero-order chi connectivity index (χ0) is 25.1. The minimum Gasteiger partial charge on any atom is -0.457 e. The summed E-state index contributed by atoms with van der Waals surface area (Å²) in [6.45, 7) is 0.183. The molecule has 3 unspecified atom stereocenters. The number of hydrogen-bond acceptors (Lipinski definition) is 8. The second-order valence-electron chi connectivity index (χ2n) is 8.43. The Balaban J connectivity index is 1.42. The van der Waals surface area contributed by atoms with Gasteiger partial charge in [-0.2, -0.15) is 0 Å². The highest BCUT2D eigenvalue weighted by Gasteiger charge is 2.32. The fraction of sp³-hybridized carbons (Fsp3) is 0.269. The first-order valence-corrected chi connectivity index (χ1v) is 11.5. The number of aromatic amines is 1. The van der Waals surface area contributed by atoms with E-state index in [4.69, 9.17) is 14.2 Å². The Labute approximate surface area is 206 Å². The van der Waals surface area contributed by atoms with Gasteiger partial charge < -0.3 is 29.6 Å². The van der Waals surface area contributed by atoms with Crippen LogP contribution in [0.2, 0.25) is 0 Å². The lowest BCUT2D eigenvalue weighted by Gasteiger charge is -2.35. The molecule has 0 saturated carbocycles. The second kappa shape index (κ2) is 10.4. The highest BCUT2D eigenvalue weighted by molar-refractivity contribution is 6.18. The topological polar surface area (TPSA) is 119 Å². The summed E-state index contributed by atoms with van der Waals surface area (Å²) in [5, 5.41) is 13.1. The van der Waals surface area contributed by atoms with E-state index >= 15 is 4.39 Å². The van der Waals surface area contributed by atoms with Crippen LogP contribution in [-0.2, 0) is 9.47 Å². The fourth-order valence-corrected chi connectivity index (χ4v) is 4.30. The number of hydrogen-bond donors (Lipinski definition) is 3. The monoisotopic (exact) mass is 492 g/mol. The van der Waals surface area contributed by atoms with E-state index in [2.05, 4.69) is 20.3 Å². The zero-order valence-corrected chi connectivity index (χ0v) is 19.5. The molecule has 0 aliphatic carbocycles. The van der Waals surface area contributed by atoms with Crippen molar-refractivity contribution in [2.45, 2.75) is 24.7 Å². The predicted molar refractivity (Wildman–Crippen MR) is 130 cm³/mol. The molecule has 4 aromatic rings. The Morgan fingerprint density at radius 1 is 1.19 bits per heavy atom. The Morgan fingerprint density at radius 2 is 2.03 bits per heavy atom. The van der Waals surface area contributed by atoms with E-state index in [0.717, 1.165) is 0 Å². The van der Waals surface area contributed by atoms with E-state index in [0.29, 0.717) is 29.0 Å². The van der Waals surface area contributed by atoms with Crippen molar-refractivity contribution in [3.8, 4) is 11.5 Å². The molecule has 0 amide bonds. The summed E-state index contributed by atoms with van der Waals surface area (Å²) in [5.74, 6) is 0.0126. The molecule has 1 aliphatic rings. The standard InChI is InChI=1S/C26H25FN4O5/c1-34-22-10-17(12-32)35-13-21(22)31-26-23-19(11-28-25(23)29-14-30-26)24(33)18-8-7-16(9-20(18)27)36-15-5-3-2-4-6-15/h2-9,11,14,17,21-22,32H,10,12-13H2,1H3,(H2,28,29,30,31). The van der Waals surface area contributed by atoms with Crippen molar-refractivity contribution in [1.29, 1.82) is 0 Å². The Hall–Kier alpha value is -3.86. The number of methoxy groups -OCH3 is 1. The molecule has 0 radical (unpaired) electrons. The normalized spacial score (nSPS) is 19.8. The molecule has 1 fully saturated rings. The molecule has 36 heavy (non-hydrogen) atoms. The van der Waals surface area contributed by atoms with Gasteiger partial charge in [-0.1, -0.05) is 18.2 Å². The van der Waals surface area contributed by atoms with E-state index in [9.17, 15) is 9.90 Å². The van der Waals surface area contributed by atoms with Crippen LogP contribution in [-0.4, -0.2) is 64.4 Å². The number of anilines is 1. The van der Waals surface area contributed by atoms with Crippen molar-refractivity contribution in [1.82, 2.24) is 15.0 Å². The number of aliphatic hydroxyl groups excluding tert-OH is 1. The van der Waals surface area contributed by atoms with Crippen molar-refractivity contribution in [3.63, 3.8) is 0 Å². The largest absolute Gasteiger partial charge is 0.457 e. The van der Waals surface area contributed by atoms with Crippen LogP contribution in [0.15, 0.2) is 61.1 Å². The SMILES string of the molecule is COC1CC(CO)OCC1Nc1ncnc2[nH]cc(C(=O)c3ccc(Oc4ccccc4)cc3F)c12. The summed E-state index contributed by atoms with van der Waals surface area (Å²) in [6.07, 6.45) is 2.81. The van der Waals surface area contributed by atoms with E-state index < -0.39 is 11.6 Å². The van der Waals surface area contributed by atoms with Crippen molar-refractivity contribution in [3.05, 3.63) is 78.0 Å². The molecule has 186 valence electrons. The molecule has 0 spiro atoms. The quantitative estimate of drug-likeness (QED) is 0.319. The first kappa shape index (κ1) is 23.9. The van der Waals surface area contributed by atoms with E-state index in [-0.39, 0.29) is 48.3 Å². The molecule has 2 aromatic heterocycles. The number of rotatable bonds is 8. The van der Waals surface area contributed by atoms with Gasteiger partial charge in [-0.15, -0.1) is 0 Å². The van der Waals surface area contributed by atoms with Crippen molar-refractivity contribution in [2.75, 3.05) is 25.6 Å². The van der Waals surface area contributed by atoms with E-state index in [1.54, 1.807) is 25.3 Å². The Bertz CT molecular complexity index is 1360. The van der Waals surface area contributed by atoms with Gasteiger partial charge in [0.1, 0.15) is 35.1 Å². The molecular formula is C26H25FN4O5. The fourth-order valence-electron chi connectivity index (χ4n) is 4.30. The number of halogens is 1. The summed E-state index contributed by atoms with van der Waals surface area (Å²) in [6, 6.07) is 12.8. The third-order valence-corrected chi connectivity index (χ3v) is 6.16. The van der Waals surface area contributed by atoms with Crippen molar-refractivity contribution >= 4 is 22.6 Å². The summed E-state index contributed by atoms with van der Waals surface area (Å²) in [4.78, 5) is 24.9. The molecule has 2 aromatic carbocycles. The van der Waals surface area contributed by atoms with Crippen LogP contribution in [0.4, 0.5) is 10.2 Å². The van der Waals surface area contributed by atoms with Gasteiger partial charge in [0.15, 0.2) is 5.78 Å². The number of carbonyl (C=O) groups is 1. The predicted octanol–water partition coefficient (Wildman–Crippen LogP) is 3.70. The molecule has 3 heterocycles. The second-order valence-corrected chi connectivity index (χ2v) is 8.43. The smallest absolute Gasteiger partial charge is 0.198 e. The van der Waals surface area contributed by atoms with Gasteiger partial charge in [0, 0.05) is 25.8 Å². The molecule has 9 nitrogen and oxygen atoms in total. The minimum atomic E-state index is -0.704. The molecule has 10 heteroatoms. The van der Waals surface area contributed by atoms with Crippen LogP contribution >= 0.6 is 0 Å². The van der Waals surface area contributed by atoms with Gasteiger partial charge in [-0.3, -0.25) is 4.79 Å². The zero-order valence-electron chi connectivity index (χ0n) is 19.5. The lowest BCUT2D eigenvalue weighted by molar-refractivity contribution is -0.0831. The maximum absolute atomic E-state index is 15.0. The van der Waals surface area contributed by atoms with Crippen molar-refractivity contribution in [2.24, 2.45) is 0 Å². The number of para-hydroxylation sites is 1. The maximum Gasteiger partial charge on any atom is 0.198 e. The van der Waals surface area contributed by atoms with Crippen LogP contribution < -0.4 is 10.1 Å². The number of fused-ring (bicyclic) bond motifs is 1. The van der Waals surface area contributed by atoms with Gasteiger partial charge in [0.25, 0.3) is 0 Å². The molecule has 0 bridgehead atoms. The van der Waals surface area contributed by atoms with Gasteiger partial charge in [0.05, 0.1) is 48.0 Å². The summed E-state index contributed by atoms with van der Waals surface area (Å²) < 4.78 is 32.0. The third-order valence-electron chi connectivity index (χ3n) is 6.16.